The number of halogens is 1. The van der Waals surface area contributed by atoms with Gasteiger partial charge < -0.3 is 4.74 Å². The van der Waals surface area contributed by atoms with Crippen LogP contribution in [0.5, 0.6) is 0 Å². The van der Waals surface area contributed by atoms with Gasteiger partial charge in [0.1, 0.15) is 5.82 Å². The average molecular weight is 435 g/mol. The van der Waals surface area contributed by atoms with Crippen molar-refractivity contribution in [1.29, 1.82) is 0 Å². The molecule has 0 aromatic heterocycles. The minimum atomic E-state index is -3.94. The van der Waals surface area contributed by atoms with Gasteiger partial charge in [-0.05, 0) is 24.3 Å². The number of imide groups is 1. The maximum Gasteiger partial charge on any atom is 0.269 e. The van der Waals surface area contributed by atoms with E-state index in [1.54, 1.807) is 24.3 Å². The van der Waals surface area contributed by atoms with E-state index in [9.17, 15) is 27.2 Å². The fourth-order valence-electron chi connectivity index (χ4n) is 2.76. The van der Waals surface area contributed by atoms with E-state index in [1.165, 1.54) is 18.2 Å². The van der Waals surface area contributed by atoms with Crippen LogP contribution in [0.15, 0.2) is 48.5 Å². The summed E-state index contributed by atoms with van der Waals surface area (Å²) in [4.78, 5) is 39.1. The molecule has 1 aliphatic heterocycles. The first-order valence-corrected chi connectivity index (χ1v) is 10.5. The molecule has 0 spiro atoms. The van der Waals surface area contributed by atoms with Gasteiger partial charge in [-0.25, -0.2) is 12.8 Å². The topological polar surface area (TPSA) is 122 Å². The highest BCUT2D eigenvalue weighted by atomic mass is 32.2. The van der Waals surface area contributed by atoms with Crippen molar-refractivity contribution in [2.75, 3.05) is 25.5 Å². The van der Waals surface area contributed by atoms with Crippen molar-refractivity contribution < 1.29 is 31.9 Å². The van der Waals surface area contributed by atoms with E-state index in [4.69, 9.17) is 4.74 Å². The summed E-state index contributed by atoms with van der Waals surface area (Å²) in [5, 5.41) is 0. The van der Waals surface area contributed by atoms with E-state index in [0.29, 0.717) is 11.1 Å². The molecule has 0 fully saturated rings. The van der Waals surface area contributed by atoms with Gasteiger partial charge in [-0.2, -0.15) is 0 Å². The van der Waals surface area contributed by atoms with E-state index in [0.717, 1.165) is 11.0 Å². The molecule has 0 bridgehead atoms. The highest BCUT2D eigenvalue weighted by Crippen LogP contribution is 2.21. The molecule has 0 radical (unpaired) electrons. The van der Waals surface area contributed by atoms with Crippen molar-refractivity contribution in [2.24, 2.45) is 0 Å². The number of fused-ring (bicyclic) bond motifs is 1. The van der Waals surface area contributed by atoms with E-state index in [2.05, 4.69) is 0 Å². The molecule has 0 saturated carbocycles. The Labute approximate surface area is 171 Å². The molecule has 158 valence electrons. The molecule has 1 aliphatic rings. The van der Waals surface area contributed by atoms with Crippen molar-refractivity contribution in [3.05, 3.63) is 71.0 Å². The fourth-order valence-corrected chi connectivity index (χ4v) is 3.44. The third-order valence-electron chi connectivity index (χ3n) is 4.27. The van der Waals surface area contributed by atoms with Crippen molar-refractivity contribution in [3.8, 4) is 0 Å². The molecule has 30 heavy (non-hydrogen) atoms. The minimum absolute atomic E-state index is 0.0240. The number of amides is 3. The summed E-state index contributed by atoms with van der Waals surface area (Å²) in [6.07, 6.45) is 0. The lowest BCUT2D eigenvalue weighted by Crippen LogP contribution is -2.43. The molecular formula is C19H18FN3O6S. The van der Waals surface area contributed by atoms with Gasteiger partial charge >= 0.3 is 0 Å². The van der Waals surface area contributed by atoms with Gasteiger partial charge in [0, 0.05) is 0 Å². The second-order valence-corrected chi connectivity index (χ2v) is 8.12. The zero-order chi connectivity index (χ0) is 21.7. The number of hydrazine groups is 1. The van der Waals surface area contributed by atoms with Gasteiger partial charge in [-0.3, -0.25) is 24.7 Å². The lowest BCUT2D eigenvalue weighted by atomic mass is 10.1. The summed E-state index contributed by atoms with van der Waals surface area (Å²) in [6.45, 7) is -0.319. The highest BCUT2D eigenvalue weighted by molar-refractivity contribution is 7.89. The van der Waals surface area contributed by atoms with Crippen LogP contribution in [0.2, 0.25) is 0 Å². The van der Waals surface area contributed by atoms with Crippen LogP contribution in [0.4, 0.5) is 4.39 Å². The SMILES string of the molecule is O=C(NNS(=O)(=O)CCOCCN1C(=O)c2ccccc2C1=O)c1ccccc1F. The molecule has 0 saturated heterocycles. The molecule has 2 aromatic carbocycles. The Balaban J connectivity index is 1.40. The monoisotopic (exact) mass is 435 g/mol. The van der Waals surface area contributed by atoms with Gasteiger partial charge in [0.2, 0.25) is 10.0 Å². The second-order valence-electron chi connectivity index (χ2n) is 6.27. The van der Waals surface area contributed by atoms with Crippen LogP contribution in [-0.4, -0.2) is 56.6 Å². The van der Waals surface area contributed by atoms with Crippen LogP contribution in [0, 0.1) is 5.82 Å². The van der Waals surface area contributed by atoms with Gasteiger partial charge in [-0.1, -0.05) is 24.3 Å². The van der Waals surface area contributed by atoms with Crippen molar-refractivity contribution in [2.45, 2.75) is 0 Å². The molecule has 3 rings (SSSR count). The smallest absolute Gasteiger partial charge is 0.269 e. The Bertz CT molecular complexity index is 1050. The molecule has 9 nitrogen and oxygen atoms in total. The number of hydrogen-bond acceptors (Lipinski definition) is 6. The number of carbonyl (C=O) groups is 3. The second kappa shape index (κ2) is 9.11. The van der Waals surface area contributed by atoms with E-state index < -0.39 is 39.3 Å². The first kappa shape index (κ1) is 21.6. The molecule has 1 heterocycles. The van der Waals surface area contributed by atoms with Crippen molar-refractivity contribution >= 4 is 27.7 Å². The number of nitrogens with zero attached hydrogens (tertiary/aromatic N) is 1. The molecular weight excluding hydrogens is 417 g/mol. The summed E-state index contributed by atoms with van der Waals surface area (Å²) in [5.41, 5.74) is 2.25. The van der Waals surface area contributed by atoms with Gasteiger partial charge in [0.05, 0.1) is 42.2 Å². The van der Waals surface area contributed by atoms with Crippen LogP contribution in [0.1, 0.15) is 31.1 Å². The van der Waals surface area contributed by atoms with E-state index in [1.807, 2.05) is 10.3 Å². The van der Waals surface area contributed by atoms with Crippen LogP contribution in [0.25, 0.3) is 0 Å². The Morgan fingerprint density at radius 1 is 0.967 bits per heavy atom. The number of carbonyl (C=O) groups excluding carboxylic acids is 3. The first-order valence-electron chi connectivity index (χ1n) is 8.87. The highest BCUT2D eigenvalue weighted by Gasteiger charge is 2.34. The number of sulfonamides is 1. The lowest BCUT2D eigenvalue weighted by molar-refractivity contribution is 0.0575. The molecule has 3 amide bonds. The van der Waals surface area contributed by atoms with Crippen LogP contribution < -0.4 is 10.3 Å². The molecule has 11 heteroatoms. The normalized spacial score (nSPS) is 13.4. The number of nitrogens with one attached hydrogen (secondary N) is 2. The summed E-state index contributed by atoms with van der Waals surface area (Å²) < 4.78 is 42.5. The maximum atomic E-state index is 13.5. The lowest BCUT2D eigenvalue weighted by Gasteiger charge is -2.14. The summed E-state index contributed by atoms with van der Waals surface area (Å²) in [6, 6.07) is 11.6. The zero-order valence-corrected chi connectivity index (χ0v) is 16.4. The zero-order valence-electron chi connectivity index (χ0n) is 15.6. The maximum absolute atomic E-state index is 13.5. The molecule has 2 aromatic rings. The number of benzene rings is 2. The minimum Gasteiger partial charge on any atom is -0.378 e. The Morgan fingerprint density at radius 2 is 1.57 bits per heavy atom. The summed E-state index contributed by atoms with van der Waals surface area (Å²) in [7, 11) is -3.94. The standard InChI is InChI=1S/C19H18FN3O6S/c20-16-8-4-3-7-15(16)17(24)21-22-30(27,28)12-11-29-10-9-23-18(25)13-5-1-2-6-14(13)19(23)26/h1-8,22H,9-12H2,(H,21,24). The Kier molecular flexibility index (Phi) is 6.55. The van der Waals surface area contributed by atoms with Gasteiger partial charge in [0.15, 0.2) is 0 Å². The predicted molar refractivity (Wildman–Crippen MR) is 103 cm³/mol. The van der Waals surface area contributed by atoms with E-state index >= 15 is 0 Å². The average Bonchev–Trinajstić information content (AvgIpc) is 2.97. The van der Waals surface area contributed by atoms with E-state index in [-0.39, 0.29) is 25.3 Å². The van der Waals surface area contributed by atoms with Crippen LogP contribution in [-0.2, 0) is 14.8 Å². The third kappa shape index (κ3) is 4.87. The Hall–Kier alpha value is -3.15. The molecule has 2 N–H and O–H groups in total. The van der Waals surface area contributed by atoms with Gasteiger partial charge in [-0.15, -0.1) is 4.83 Å². The summed E-state index contributed by atoms with van der Waals surface area (Å²) >= 11 is 0. The third-order valence-corrected chi connectivity index (χ3v) is 5.39. The largest absolute Gasteiger partial charge is 0.378 e. The quantitative estimate of drug-likeness (QED) is 0.340. The van der Waals surface area contributed by atoms with Crippen molar-refractivity contribution in [1.82, 2.24) is 15.2 Å². The predicted octanol–water partition coefficient (Wildman–Crippen LogP) is 0.703. The number of rotatable bonds is 9. The Morgan fingerprint density at radius 3 is 2.20 bits per heavy atom. The summed E-state index contributed by atoms with van der Waals surface area (Å²) in [5.74, 6) is -3.07. The van der Waals surface area contributed by atoms with Crippen LogP contribution >= 0.6 is 0 Å². The molecule has 0 unspecified atom stereocenters. The van der Waals surface area contributed by atoms with Crippen LogP contribution in [0.3, 0.4) is 0 Å². The van der Waals surface area contributed by atoms with Gasteiger partial charge in [0.25, 0.3) is 17.7 Å². The fraction of sp³-hybridized carbons (Fsp3) is 0.211. The molecule has 0 aliphatic carbocycles. The molecule has 0 atom stereocenters. The van der Waals surface area contributed by atoms with Crippen molar-refractivity contribution in [3.63, 3.8) is 0 Å². The number of ether oxygens (including phenoxy) is 1. The first-order chi connectivity index (χ1) is 14.3. The number of hydrogen-bond donors (Lipinski definition) is 2.